The van der Waals surface area contributed by atoms with Gasteiger partial charge in [0, 0.05) is 20.8 Å². The summed E-state index contributed by atoms with van der Waals surface area (Å²) in [5.41, 5.74) is 5.97. The highest BCUT2D eigenvalue weighted by atomic mass is 127. The van der Waals surface area contributed by atoms with E-state index < -0.39 is 0 Å². The number of aromatic nitrogens is 1. The summed E-state index contributed by atoms with van der Waals surface area (Å²) in [6.45, 7) is 0. The molecule has 236 valence electrons. The topological polar surface area (TPSA) is 26.6 Å². The van der Waals surface area contributed by atoms with E-state index in [1.807, 2.05) is 107 Å². The van der Waals surface area contributed by atoms with Crippen molar-refractivity contribution in [3.8, 4) is 28.7 Å². The van der Waals surface area contributed by atoms with Crippen LogP contribution in [-0.4, -0.2) is 14.4 Å². The van der Waals surface area contributed by atoms with Crippen molar-refractivity contribution in [2.24, 2.45) is 0 Å². The van der Waals surface area contributed by atoms with Gasteiger partial charge in [0.1, 0.15) is 0 Å². The molecule has 0 spiro atoms. The van der Waals surface area contributed by atoms with Crippen molar-refractivity contribution in [3.05, 3.63) is 142 Å². The Morgan fingerprint density at radius 3 is 1.64 bits per heavy atom. The van der Waals surface area contributed by atoms with Crippen LogP contribution < -0.4 is 14.4 Å². The van der Waals surface area contributed by atoms with E-state index in [0.717, 1.165) is 61.8 Å². The fourth-order valence-corrected chi connectivity index (χ4v) is 6.34. The lowest BCUT2D eigenvalue weighted by Gasteiger charge is -2.33. The molecule has 3 heterocycles. The van der Waals surface area contributed by atoms with Gasteiger partial charge in [-0.1, -0.05) is 135 Å². The molecule has 1 aromatic heterocycles. The molecular formula is C38H27Cl3I2N2O2. The minimum atomic E-state index is 0.635. The average Bonchev–Trinajstić information content (AvgIpc) is 3.45. The Hall–Kier alpha value is -3.15. The Morgan fingerprint density at radius 1 is 0.468 bits per heavy atom. The van der Waals surface area contributed by atoms with Crippen molar-refractivity contribution >= 4 is 119 Å². The van der Waals surface area contributed by atoms with E-state index in [-0.39, 0.29) is 0 Å². The van der Waals surface area contributed by atoms with Gasteiger partial charge in [-0.15, -0.1) is 0 Å². The summed E-state index contributed by atoms with van der Waals surface area (Å²) in [5.74, 6) is 3.34. The number of benzene rings is 6. The first-order valence-electron chi connectivity index (χ1n) is 14.4. The maximum absolute atomic E-state index is 6.42. The molecule has 9 heteroatoms. The van der Waals surface area contributed by atoms with Gasteiger partial charge in [0.05, 0.1) is 38.8 Å². The highest BCUT2D eigenvalue weighted by Gasteiger charge is 2.27. The molecule has 0 atom stereocenters. The molecular weight excluding hydrogens is 877 g/mol. The van der Waals surface area contributed by atoms with E-state index in [1.54, 1.807) is 12.1 Å². The molecule has 0 unspecified atom stereocenters. The second kappa shape index (κ2) is 15.0. The van der Waals surface area contributed by atoms with Gasteiger partial charge in [0.25, 0.3) is 0 Å². The summed E-state index contributed by atoms with van der Waals surface area (Å²) in [4.78, 5) is 6.01. The van der Waals surface area contributed by atoms with Crippen LogP contribution in [0.4, 0.5) is 17.1 Å². The Labute approximate surface area is 316 Å². The lowest BCUT2D eigenvalue weighted by molar-refractivity contribution is 0.476. The van der Waals surface area contributed by atoms with Crippen molar-refractivity contribution in [1.29, 1.82) is 0 Å². The van der Waals surface area contributed by atoms with Crippen LogP contribution in [0.25, 0.3) is 27.5 Å². The third-order valence-electron chi connectivity index (χ3n) is 7.62. The van der Waals surface area contributed by atoms with E-state index in [1.165, 1.54) is 10.8 Å². The lowest BCUT2D eigenvalue weighted by Crippen LogP contribution is -2.16. The van der Waals surface area contributed by atoms with Crippen LogP contribution in [0.1, 0.15) is 0 Å². The van der Waals surface area contributed by atoms with Crippen molar-refractivity contribution in [3.63, 3.8) is 0 Å². The molecule has 2 aliphatic heterocycles. The predicted molar refractivity (Wildman–Crippen MR) is 217 cm³/mol. The summed E-state index contributed by atoms with van der Waals surface area (Å²) in [7, 11) is 0. The number of hydrogen-bond donors (Lipinski definition) is 0. The summed E-state index contributed by atoms with van der Waals surface area (Å²) in [6.07, 6.45) is 0. The molecule has 0 amide bonds. The minimum Gasteiger partial charge on any atom is -0.453 e. The number of ether oxygens (including phenoxy) is 2. The molecule has 0 fully saturated rings. The number of hydrogen-bond acceptors (Lipinski definition) is 3. The normalized spacial score (nSPS) is 11.6. The highest BCUT2D eigenvalue weighted by molar-refractivity contribution is 14.1. The van der Waals surface area contributed by atoms with Gasteiger partial charge in [-0.2, -0.15) is 0 Å². The number of rotatable bonds is 1. The third-order valence-corrected chi connectivity index (χ3v) is 8.41. The first-order valence-corrected chi connectivity index (χ1v) is 19.9. The maximum atomic E-state index is 6.42. The molecule has 0 bridgehead atoms. The summed E-state index contributed by atoms with van der Waals surface area (Å²) in [6, 6.07) is 41.5. The number of alkyl halides is 2. The third kappa shape index (κ3) is 6.38. The fraction of sp³-hybridized carbons (Fsp3) is 0.0526. The highest BCUT2D eigenvalue weighted by Crippen LogP contribution is 2.52. The van der Waals surface area contributed by atoms with E-state index in [0.29, 0.717) is 10.0 Å². The number of fused-ring (bicyclic) bond motifs is 7. The molecule has 6 aromatic carbocycles. The van der Waals surface area contributed by atoms with Gasteiger partial charge >= 0.3 is 0 Å². The van der Waals surface area contributed by atoms with Gasteiger partial charge < -0.3 is 18.9 Å². The second-order valence-electron chi connectivity index (χ2n) is 10.2. The number of nitrogens with zero attached hydrogens (tertiary/aromatic N) is 2. The monoisotopic (exact) mass is 902 g/mol. The van der Waals surface area contributed by atoms with Gasteiger partial charge in [-0.05, 0) is 82.7 Å². The quantitative estimate of drug-likeness (QED) is 0.121. The van der Waals surface area contributed by atoms with Crippen LogP contribution in [0, 0.1) is 0 Å². The summed E-state index contributed by atoms with van der Waals surface area (Å²) < 4.78 is 14.3. The van der Waals surface area contributed by atoms with Crippen LogP contribution in [0.3, 0.4) is 0 Å². The predicted octanol–water partition coefficient (Wildman–Crippen LogP) is 14.2. The molecule has 47 heavy (non-hydrogen) atoms. The zero-order valence-electron chi connectivity index (χ0n) is 25.2. The Balaban J connectivity index is 0.000000149. The number of anilines is 3. The molecule has 0 radical (unpaired) electrons. The van der Waals surface area contributed by atoms with E-state index >= 15 is 0 Å². The van der Waals surface area contributed by atoms with Crippen molar-refractivity contribution < 1.29 is 9.47 Å². The Morgan fingerprint density at radius 2 is 0.979 bits per heavy atom. The lowest BCUT2D eigenvalue weighted by atomic mass is 10.1. The number of para-hydroxylation sites is 7. The average molecular weight is 904 g/mol. The first kappa shape index (κ1) is 33.7. The zero-order chi connectivity index (χ0) is 33.1. The summed E-state index contributed by atoms with van der Waals surface area (Å²) in [5, 5.41) is 4.40. The Bertz CT molecular complexity index is 2170. The van der Waals surface area contributed by atoms with E-state index in [2.05, 4.69) is 72.8 Å². The van der Waals surface area contributed by atoms with Crippen LogP contribution in [0.15, 0.2) is 127 Å². The van der Waals surface area contributed by atoms with Gasteiger partial charge in [0.15, 0.2) is 23.0 Å². The summed E-state index contributed by atoms with van der Waals surface area (Å²) >= 11 is 23.1. The van der Waals surface area contributed by atoms with E-state index in [9.17, 15) is 0 Å². The van der Waals surface area contributed by atoms with Crippen molar-refractivity contribution in [2.45, 2.75) is 0 Å². The van der Waals surface area contributed by atoms with Crippen molar-refractivity contribution in [2.75, 3.05) is 14.8 Å². The number of halogens is 5. The fourth-order valence-electron chi connectivity index (χ4n) is 5.81. The van der Waals surface area contributed by atoms with E-state index in [4.69, 9.17) is 44.3 Å². The Kier molecular flexibility index (Phi) is 10.7. The maximum Gasteiger partial charge on any atom is 0.152 e. The largest absolute Gasteiger partial charge is 0.453 e. The molecule has 0 aliphatic carbocycles. The first-order chi connectivity index (χ1) is 23.1. The van der Waals surface area contributed by atoms with Crippen LogP contribution in [0.2, 0.25) is 15.1 Å². The minimum absolute atomic E-state index is 0.635. The smallest absolute Gasteiger partial charge is 0.152 e. The SMILES string of the molecule is CI.CI.Clc1ccc(Cl)c(N2c3ccccc3Oc3ccccc32)c1.Clc1ccc2c3cccc4c3n(c2c1)-c1ccccc1O4. The van der Waals surface area contributed by atoms with Gasteiger partial charge in [-0.3, -0.25) is 0 Å². The van der Waals surface area contributed by atoms with Gasteiger partial charge in [-0.25, -0.2) is 0 Å². The standard InChI is InChI=1S/C18H11Cl2NO.C18H10ClNO.2CH3I/c19-12-9-10-13(20)16(11-12)21-14-5-1-3-7-17(14)22-18-8-4-2-6-15(18)21;19-11-8-9-12-13-4-3-7-17-18(13)20(15(12)10-11)14-5-1-2-6-16(14)21-17;2*1-2/h1-11H;1-10H;2*1H3. The molecule has 0 saturated heterocycles. The van der Waals surface area contributed by atoms with Crippen LogP contribution in [-0.2, 0) is 0 Å². The van der Waals surface area contributed by atoms with Crippen molar-refractivity contribution in [1.82, 2.24) is 4.57 Å². The zero-order valence-corrected chi connectivity index (χ0v) is 31.8. The molecule has 0 N–H and O–H groups in total. The molecule has 9 rings (SSSR count). The van der Waals surface area contributed by atoms with Gasteiger partial charge in [0.2, 0.25) is 0 Å². The van der Waals surface area contributed by atoms with Crippen LogP contribution >= 0.6 is 80.0 Å². The molecule has 0 saturated carbocycles. The molecule has 2 aliphatic rings. The molecule has 7 aromatic rings. The second-order valence-corrected chi connectivity index (χ2v) is 11.5. The van der Waals surface area contributed by atoms with Crippen LogP contribution in [0.5, 0.6) is 23.0 Å². The molecule has 4 nitrogen and oxygen atoms in total.